The fraction of sp³-hybridized carbons (Fsp3) is 0.263. The molecule has 0 spiro atoms. The van der Waals surface area contributed by atoms with E-state index in [1.165, 1.54) is 7.11 Å². The third-order valence-electron chi connectivity index (χ3n) is 4.72. The molecule has 0 saturated carbocycles. The molecule has 27 heavy (non-hydrogen) atoms. The van der Waals surface area contributed by atoms with Crippen LogP contribution in [0.3, 0.4) is 0 Å². The second-order valence-electron chi connectivity index (χ2n) is 6.59. The molecule has 8 heteroatoms. The number of H-pyrrole nitrogens is 1. The van der Waals surface area contributed by atoms with E-state index in [1.807, 2.05) is 48.9 Å². The summed E-state index contributed by atoms with van der Waals surface area (Å²) in [6, 6.07) is 9.82. The predicted octanol–water partition coefficient (Wildman–Crippen LogP) is 2.47. The number of nitrogens with zero attached hydrogens (tertiary/aromatic N) is 3. The molecule has 3 aromatic rings. The van der Waals surface area contributed by atoms with Crippen molar-refractivity contribution in [3.8, 4) is 5.69 Å². The molecule has 0 fully saturated rings. The molecule has 1 amide bonds. The number of aryl methyl sites for hydroxylation is 2. The first-order chi connectivity index (χ1) is 13.0. The second kappa shape index (κ2) is 6.39. The summed E-state index contributed by atoms with van der Waals surface area (Å²) in [5, 5.41) is 14.0. The highest BCUT2D eigenvalue weighted by Gasteiger charge is 2.34. The number of rotatable bonds is 3. The maximum atomic E-state index is 12.2. The van der Waals surface area contributed by atoms with Gasteiger partial charge < -0.3 is 10.1 Å². The lowest BCUT2D eigenvalue weighted by Gasteiger charge is -2.23. The Labute approximate surface area is 155 Å². The molecular formula is C19H19N5O3. The third-order valence-corrected chi connectivity index (χ3v) is 4.72. The Hall–Kier alpha value is -3.42. The van der Waals surface area contributed by atoms with Gasteiger partial charge in [-0.3, -0.25) is 9.89 Å². The van der Waals surface area contributed by atoms with E-state index in [-0.39, 0.29) is 23.9 Å². The third kappa shape index (κ3) is 2.88. The van der Waals surface area contributed by atoms with E-state index >= 15 is 0 Å². The van der Waals surface area contributed by atoms with Crippen molar-refractivity contribution in [1.82, 2.24) is 20.0 Å². The van der Waals surface area contributed by atoms with Crippen LogP contribution in [0.15, 0.2) is 30.3 Å². The van der Waals surface area contributed by atoms with Crippen molar-refractivity contribution >= 4 is 17.7 Å². The Morgan fingerprint density at radius 3 is 2.81 bits per heavy atom. The molecule has 1 unspecified atom stereocenters. The van der Waals surface area contributed by atoms with E-state index in [2.05, 4.69) is 20.6 Å². The molecule has 1 aliphatic rings. The summed E-state index contributed by atoms with van der Waals surface area (Å²) in [6.07, 6.45) is 0.219. The van der Waals surface area contributed by atoms with Crippen LogP contribution in [0.4, 0.5) is 5.82 Å². The smallest absolute Gasteiger partial charge is 0.356 e. The van der Waals surface area contributed by atoms with Crippen LogP contribution in [-0.2, 0) is 9.53 Å². The summed E-state index contributed by atoms with van der Waals surface area (Å²) in [5.74, 6) is -0.599. The van der Waals surface area contributed by atoms with Gasteiger partial charge in [0, 0.05) is 23.6 Å². The van der Waals surface area contributed by atoms with Gasteiger partial charge in [-0.2, -0.15) is 10.2 Å². The number of aromatic amines is 1. The number of carbonyl (C=O) groups excluding carboxylic acids is 2. The fourth-order valence-electron chi connectivity index (χ4n) is 3.56. The van der Waals surface area contributed by atoms with E-state index in [4.69, 9.17) is 4.74 Å². The van der Waals surface area contributed by atoms with Crippen molar-refractivity contribution in [3.63, 3.8) is 0 Å². The highest BCUT2D eigenvalue weighted by molar-refractivity contribution is 5.98. The van der Waals surface area contributed by atoms with Crippen LogP contribution >= 0.6 is 0 Å². The molecule has 0 aliphatic carbocycles. The van der Waals surface area contributed by atoms with E-state index in [9.17, 15) is 9.59 Å². The molecule has 138 valence electrons. The molecule has 1 aromatic carbocycles. The van der Waals surface area contributed by atoms with Crippen molar-refractivity contribution in [3.05, 3.63) is 58.5 Å². The summed E-state index contributed by atoms with van der Waals surface area (Å²) in [7, 11) is 1.31. The normalized spacial score (nSPS) is 16.0. The van der Waals surface area contributed by atoms with E-state index in [0.29, 0.717) is 11.4 Å². The summed E-state index contributed by atoms with van der Waals surface area (Å²) in [6.45, 7) is 3.93. The molecule has 1 atom stereocenters. The maximum absolute atomic E-state index is 12.2. The molecule has 0 saturated heterocycles. The van der Waals surface area contributed by atoms with Crippen molar-refractivity contribution in [2.75, 3.05) is 12.4 Å². The van der Waals surface area contributed by atoms with Crippen molar-refractivity contribution in [2.24, 2.45) is 0 Å². The van der Waals surface area contributed by atoms with Gasteiger partial charge in [0.2, 0.25) is 5.91 Å². The first-order valence-corrected chi connectivity index (χ1v) is 8.58. The van der Waals surface area contributed by atoms with Gasteiger partial charge in [0.15, 0.2) is 5.82 Å². The highest BCUT2D eigenvalue weighted by atomic mass is 16.5. The number of hydrogen-bond acceptors (Lipinski definition) is 5. The first kappa shape index (κ1) is 17.0. The number of anilines is 1. The van der Waals surface area contributed by atoms with Gasteiger partial charge in [-0.1, -0.05) is 12.1 Å². The van der Waals surface area contributed by atoms with Crippen LogP contribution in [0.2, 0.25) is 0 Å². The number of fused-ring (bicyclic) bond motifs is 1. The highest BCUT2D eigenvalue weighted by Crippen LogP contribution is 2.38. The molecular weight excluding hydrogens is 346 g/mol. The topological polar surface area (TPSA) is 102 Å². The van der Waals surface area contributed by atoms with Crippen molar-refractivity contribution in [2.45, 2.75) is 26.2 Å². The standard InChI is InChI=1S/C19H19N5O3/c1-10-7-11(2)24(23-10)13-6-4-5-12(8-13)14-9-15(25)20-18-16(14)17(21-22-18)19(26)27-3/h4-8,14H,9H2,1-3H3,(H2,20,21,22,25). The molecule has 8 nitrogen and oxygen atoms in total. The van der Waals surface area contributed by atoms with E-state index < -0.39 is 5.97 Å². The molecule has 2 aromatic heterocycles. The van der Waals surface area contributed by atoms with Crippen LogP contribution in [0.25, 0.3) is 5.69 Å². The monoisotopic (exact) mass is 365 g/mol. The van der Waals surface area contributed by atoms with Gasteiger partial charge in [-0.25, -0.2) is 9.48 Å². The van der Waals surface area contributed by atoms with Gasteiger partial charge >= 0.3 is 5.97 Å². The number of carbonyl (C=O) groups is 2. The van der Waals surface area contributed by atoms with Crippen LogP contribution in [0.1, 0.15) is 45.3 Å². The van der Waals surface area contributed by atoms with Gasteiger partial charge in [-0.15, -0.1) is 0 Å². The summed E-state index contributed by atoms with van der Waals surface area (Å²) in [5.41, 5.74) is 4.66. The SMILES string of the molecule is COC(=O)c1[nH]nc2c1C(c1cccc(-n3nc(C)cc3C)c1)CC(=O)N2. The second-order valence-corrected chi connectivity index (χ2v) is 6.59. The van der Waals surface area contributed by atoms with Crippen molar-refractivity contribution in [1.29, 1.82) is 0 Å². The number of hydrogen-bond donors (Lipinski definition) is 2. The van der Waals surface area contributed by atoms with Gasteiger partial charge in [0.1, 0.15) is 5.69 Å². The molecule has 0 radical (unpaired) electrons. The summed E-state index contributed by atoms with van der Waals surface area (Å²) < 4.78 is 6.71. The summed E-state index contributed by atoms with van der Waals surface area (Å²) in [4.78, 5) is 24.3. The predicted molar refractivity (Wildman–Crippen MR) is 98.1 cm³/mol. The zero-order chi connectivity index (χ0) is 19.1. The Morgan fingerprint density at radius 2 is 2.11 bits per heavy atom. The van der Waals surface area contributed by atoms with Gasteiger partial charge in [-0.05, 0) is 37.6 Å². The average molecular weight is 365 g/mol. The number of nitrogens with one attached hydrogen (secondary N) is 2. The van der Waals surface area contributed by atoms with E-state index in [1.54, 1.807) is 0 Å². The maximum Gasteiger partial charge on any atom is 0.356 e. The number of amides is 1. The van der Waals surface area contributed by atoms with E-state index in [0.717, 1.165) is 22.6 Å². The Balaban J connectivity index is 1.82. The number of esters is 1. The lowest BCUT2D eigenvalue weighted by molar-refractivity contribution is -0.116. The first-order valence-electron chi connectivity index (χ1n) is 8.58. The number of ether oxygens (including phenoxy) is 1. The minimum atomic E-state index is -0.514. The zero-order valence-electron chi connectivity index (χ0n) is 15.2. The quantitative estimate of drug-likeness (QED) is 0.694. The zero-order valence-corrected chi connectivity index (χ0v) is 15.2. The number of methoxy groups -OCH3 is 1. The number of aromatic nitrogens is 4. The van der Waals surface area contributed by atoms with Crippen LogP contribution in [0, 0.1) is 13.8 Å². The Bertz CT molecular complexity index is 1050. The number of benzene rings is 1. The minimum Gasteiger partial charge on any atom is -0.464 e. The summed E-state index contributed by atoms with van der Waals surface area (Å²) >= 11 is 0. The largest absolute Gasteiger partial charge is 0.464 e. The molecule has 4 rings (SSSR count). The molecule has 2 N–H and O–H groups in total. The Morgan fingerprint density at radius 1 is 1.30 bits per heavy atom. The van der Waals surface area contributed by atoms with Gasteiger partial charge in [0.05, 0.1) is 18.5 Å². The van der Waals surface area contributed by atoms with Crippen molar-refractivity contribution < 1.29 is 14.3 Å². The average Bonchev–Trinajstić information content (AvgIpc) is 3.23. The molecule has 1 aliphatic heterocycles. The van der Waals surface area contributed by atoms with Crippen LogP contribution < -0.4 is 5.32 Å². The van der Waals surface area contributed by atoms with Crippen LogP contribution in [0.5, 0.6) is 0 Å². The van der Waals surface area contributed by atoms with Gasteiger partial charge in [0.25, 0.3) is 0 Å². The lowest BCUT2D eigenvalue weighted by Crippen LogP contribution is -2.24. The lowest BCUT2D eigenvalue weighted by atomic mass is 9.85. The molecule has 3 heterocycles. The minimum absolute atomic E-state index is 0.146. The Kier molecular flexibility index (Phi) is 4.02. The fourth-order valence-corrected chi connectivity index (χ4v) is 3.56. The molecule has 0 bridgehead atoms. The van der Waals surface area contributed by atoms with Crippen LogP contribution in [-0.4, -0.2) is 39.0 Å².